The molecular formula is C25H33NO3. The van der Waals surface area contributed by atoms with Gasteiger partial charge in [-0.3, -0.25) is 0 Å². The zero-order valence-corrected chi connectivity index (χ0v) is 17.4. The summed E-state index contributed by atoms with van der Waals surface area (Å²) in [6.45, 7) is 1.52. The van der Waals surface area contributed by atoms with Crippen molar-refractivity contribution in [3.05, 3.63) is 64.7 Å². The highest BCUT2D eigenvalue weighted by Gasteiger charge is 2.36. The normalized spacial score (nSPS) is 26.3. The average molecular weight is 396 g/mol. The second-order valence-electron chi connectivity index (χ2n) is 8.96. The summed E-state index contributed by atoms with van der Waals surface area (Å²) >= 11 is 0. The third kappa shape index (κ3) is 4.82. The second kappa shape index (κ2) is 8.86. The lowest BCUT2D eigenvalue weighted by Gasteiger charge is -2.26. The Morgan fingerprint density at radius 1 is 1.14 bits per heavy atom. The van der Waals surface area contributed by atoms with Gasteiger partial charge in [0.1, 0.15) is 5.75 Å². The summed E-state index contributed by atoms with van der Waals surface area (Å²) in [6.07, 6.45) is 6.28. The van der Waals surface area contributed by atoms with Crippen LogP contribution in [0.1, 0.15) is 53.9 Å². The van der Waals surface area contributed by atoms with E-state index in [1.165, 1.54) is 23.1 Å². The third-order valence-corrected chi connectivity index (χ3v) is 6.75. The molecule has 0 aromatic heterocycles. The van der Waals surface area contributed by atoms with E-state index in [1.54, 1.807) is 7.11 Å². The first-order valence-electron chi connectivity index (χ1n) is 10.8. The van der Waals surface area contributed by atoms with E-state index in [1.807, 2.05) is 18.2 Å². The maximum absolute atomic E-state index is 9.54. The van der Waals surface area contributed by atoms with Gasteiger partial charge in [0.2, 0.25) is 0 Å². The van der Waals surface area contributed by atoms with Gasteiger partial charge in [0.25, 0.3) is 0 Å². The summed E-state index contributed by atoms with van der Waals surface area (Å²) < 4.78 is 11.3. The molecule has 2 aromatic rings. The van der Waals surface area contributed by atoms with Crippen molar-refractivity contribution in [2.75, 3.05) is 20.3 Å². The Kier molecular flexibility index (Phi) is 6.23. The molecule has 3 atom stereocenters. The zero-order valence-electron chi connectivity index (χ0n) is 17.4. The van der Waals surface area contributed by atoms with Gasteiger partial charge in [0, 0.05) is 5.54 Å². The highest BCUT2D eigenvalue weighted by Crippen LogP contribution is 2.40. The fourth-order valence-corrected chi connectivity index (χ4v) is 4.94. The lowest BCUT2D eigenvalue weighted by molar-refractivity contribution is 0.0822. The third-order valence-electron chi connectivity index (χ3n) is 6.75. The van der Waals surface area contributed by atoms with Crippen LogP contribution in [0.25, 0.3) is 0 Å². The van der Waals surface area contributed by atoms with E-state index >= 15 is 0 Å². The number of methoxy groups -OCH3 is 1. The fourth-order valence-electron chi connectivity index (χ4n) is 4.94. The molecule has 0 spiro atoms. The highest BCUT2D eigenvalue weighted by atomic mass is 16.5. The van der Waals surface area contributed by atoms with Gasteiger partial charge in [-0.25, -0.2) is 0 Å². The Balaban J connectivity index is 1.31. The molecule has 0 unspecified atom stereocenters. The molecule has 0 amide bonds. The minimum Gasteiger partial charge on any atom is -0.497 e. The van der Waals surface area contributed by atoms with Crippen molar-refractivity contribution in [1.29, 1.82) is 0 Å². The summed E-state index contributed by atoms with van der Waals surface area (Å²) in [7, 11) is 1.69. The number of aryl methyl sites for hydroxylation is 1. The number of nitrogens with two attached hydrogens (primary N) is 1. The Morgan fingerprint density at radius 2 is 2.03 bits per heavy atom. The van der Waals surface area contributed by atoms with Crippen LogP contribution in [-0.2, 0) is 24.2 Å². The van der Waals surface area contributed by atoms with E-state index in [0.29, 0.717) is 18.4 Å². The van der Waals surface area contributed by atoms with Crippen LogP contribution in [-0.4, -0.2) is 31.0 Å². The maximum Gasteiger partial charge on any atom is 0.119 e. The molecule has 3 N–H and O–H groups in total. The van der Waals surface area contributed by atoms with Gasteiger partial charge in [-0.05, 0) is 84.7 Å². The molecule has 156 valence electrons. The predicted molar refractivity (Wildman–Crippen MR) is 115 cm³/mol. The molecule has 0 bridgehead atoms. The van der Waals surface area contributed by atoms with Crippen molar-refractivity contribution in [3.63, 3.8) is 0 Å². The van der Waals surface area contributed by atoms with Gasteiger partial charge < -0.3 is 20.3 Å². The average Bonchev–Trinajstić information content (AvgIpc) is 3.16. The van der Waals surface area contributed by atoms with Crippen LogP contribution in [0.15, 0.2) is 42.5 Å². The van der Waals surface area contributed by atoms with Gasteiger partial charge in [0.05, 0.1) is 26.9 Å². The van der Waals surface area contributed by atoms with Crippen LogP contribution >= 0.6 is 0 Å². The van der Waals surface area contributed by atoms with E-state index in [9.17, 15) is 5.11 Å². The van der Waals surface area contributed by atoms with Crippen molar-refractivity contribution in [1.82, 2.24) is 0 Å². The molecule has 0 aliphatic heterocycles. The highest BCUT2D eigenvalue weighted by molar-refractivity contribution is 5.36. The van der Waals surface area contributed by atoms with Crippen LogP contribution in [0.4, 0.5) is 0 Å². The van der Waals surface area contributed by atoms with E-state index in [0.717, 1.165) is 50.0 Å². The molecule has 4 nitrogen and oxygen atoms in total. The molecule has 0 saturated heterocycles. The molecule has 2 aliphatic rings. The second-order valence-corrected chi connectivity index (χ2v) is 8.96. The zero-order chi connectivity index (χ0) is 20.3. The largest absolute Gasteiger partial charge is 0.497 e. The number of rotatable bonds is 7. The number of aliphatic hydroxyl groups excluding tert-OH is 1. The molecule has 1 saturated carbocycles. The first-order valence-corrected chi connectivity index (χ1v) is 10.8. The van der Waals surface area contributed by atoms with Crippen LogP contribution in [0.2, 0.25) is 0 Å². The van der Waals surface area contributed by atoms with Gasteiger partial charge in [-0.1, -0.05) is 30.3 Å². The molecule has 4 rings (SSSR count). The molecule has 0 radical (unpaired) electrons. The Hall–Kier alpha value is -1.88. The smallest absolute Gasteiger partial charge is 0.119 e. The first-order chi connectivity index (χ1) is 14.1. The van der Waals surface area contributed by atoms with E-state index in [-0.39, 0.29) is 12.1 Å². The summed E-state index contributed by atoms with van der Waals surface area (Å²) in [6, 6.07) is 15.1. The number of aliphatic hydroxyl groups is 1. The lowest BCUT2D eigenvalue weighted by Crippen LogP contribution is -2.40. The molecule has 0 heterocycles. The van der Waals surface area contributed by atoms with Crippen molar-refractivity contribution < 1.29 is 14.6 Å². The van der Waals surface area contributed by atoms with Crippen molar-refractivity contribution in [2.45, 2.75) is 56.6 Å². The van der Waals surface area contributed by atoms with Crippen LogP contribution in [0, 0.1) is 5.92 Å². The standard InChI is InChI=1S/C25H33NO3/c1-28-24-4-2-3-18(12-24)15-29-16-19-5-6-21-13-22(8-7-20(21)11-19)23-9-10-25(26,14-23)17-27/h2-4,7-8,12-13,19,23,27H,5-6,9-11,14-17,26H2,1H3/t19-,23+,25-/m1/s1. The summed E-state index contributed by atoms with van der Waals surface area (Å²) in [5.41, 5.74) is 11.4. The Labute approximate surface area is 174 Å². The molecule has 2 aliphatic carbocycles. The van der Waals surface area contributed by atoms with E-state index in [2.05, 4.69) is 24.3 Å². The van der Waals surface area contributed by atoms with Gasteiger partial charge in [-0.2, -0.15) is 0 Å². The number of fused-ring (bicyclic) bond motifs is 1. The lowest BCUT2D eigenvalue weighted by atomic mass is 9.82. The number of ether oxygens (including phenoxy) is 2. The number of hydrogen-bond acceptors (Lipinski definition) is 4. The summed E-state index contributed by atoms with van der Waals surface area (Å²) in [5.74, 6) is 1.94. The van der Waals surface area contributed by atoms with Gasteiger partial charge in [-0.15, -0.1) is 0 Å². The molecule has 1 fully saturated rings. The monoisotopic (exact) mass is 395 g/mol. The van der Waals surface area contributed by atoms with Crippen LogP contribution < -0.4 is 10.5 Å². The summed E-state index contributed by atoms with van der Waals surface area (Å²) in [5, 5.41) is 9.54. The maximum atomic E-state index is 9.54. The Morgan fingerprint density at radius 3 is 2.83 bits per heavy atom. The van der Waals surface area contributed by atoms with Crippen LogP contribution in [0.5, 0.6) is 5.75 Å². The summed E-state index contributed by atoms with van der Waals surface area (Å²) in [4.78, 5) is 0. The SMILES string of the molecule is COc1cccc(COC[C@@H]2CCc3cc([C@H]4CC[C@](N)(CO)C4)ccc3C2)c1. The Bertz CT molecular complexity index is 837. The van der Waals surface area contributed by atoms with Crippen molar-refractivity contribution in [3.8, 4) is 5.75 Å². The van der Waals surface area contributed by atoms with Gasteiger partial charge in [0.15, 0.2) is 0 Å². The molecule has 2 aromatic carbocycles. The van der Waals surface area contributed by atoms with Crippen molar-refractivity contribution in [2.24, 2.45) is 11.7 Å². The fraction of sp³-hybridized carbons (Fsp3) is 0.520. The first kappa shape index (κ1) is 20.4. The predicted octanol–water partition coefficient (Wildman–Crippen LogP) is 3.97. The topological polar surface area (TPSA) is 64.7 Å². The molecular weight excluding hydrogens is 362 g/mol. The van der Waals surface area contributed by atoms with Gasteiger partial charge >= 0.3 is 0 Å². The number of hydrogen-bond donors (Lipinski definition) is 2. The van der Waals surface area contributed by atoms with E-state index in [4.69, 9.17) is 15.2 Å². The van der Waals surface area contributed by atoms with E-state index < -0.39 is 0 Å². The van der Waals surface area contributed by atoms with Crippen molar-refractivity contribution >= 4 is 0 Å². The minimum absolute atomic E-state index is 0.0892. The van der Waals surface area contributed by atoms with Crippen LogP contribution in [0.3, 0.4) is 0 Å². The number of benzene rings is 2. The molecule has 4 heteroatoms. The molecule has 29 heavy (non-hydrogen) atoms. The quantitative estimate of drug-likeness (QED) is 0.744. The minimum atomic E-state index is -0.383.